The molecule has 0 saturated heterocycles. The number of benzene rings is 1. The van der Waals surface area contributed by atoms with Crippen LogP contribution in [0.1, 0.15) is 49.4 Å². The summed E-state index contributed by atoms with van der Waals surface area (Å²) >= 11 is 3.46. The second-order valence-electron chi connectivity index (χ2n) is 5.37. The highest BCUT2D eigenvalue weighted by Gasteiger charge is 2.20. The Morgan fingerprint density at radius 1 is 1.32 bits per heavy atom. The molecule has 1 aromatic rings. The van der Waals surface area contributed by atoms with Gasteiger partial charge in [-0.3, -0.25) is 0 Å². The molecule has 1 fully saturated rings. The lowest BCUT2D eigenvalue weighted by Gasteiger charge is -2.24. The molecule has 0 aliphatic heterocycles. The Morgan fingerprint density at radius 2 is 2.05 bits per heavy atom. The monoisotopic (exact) mass is 325 g/mol. The first kappa shape index (κ1) is 14.4. The molecule has 1 saturated carbocycles. The van der Waals surface area contributed by atoms with E-state index in [9.17, 15) is 4.79 Å². The maximum Gasteiger partial charge on any atom is 0.335 e. The SMILES string of the molecule is CC1CCCCCC1Nc1ccc(C(=O)O)cc1Br. The van der Waals surface area contributed by atoms with Crippen molar-refractivity contribution in [2.24, 2.45) is 5.92 Å². The minimum Gasteiger partial charge on any atom is -0.478 e. The van der Waals surface area contributed by atoms with E-state index in [1.165, 1.54) is 32.1 Å². The van der Waals surface area contributed by atoms with Crippen LogP contribution < -0.4 is 5.32 Å². The van der Waals surface area contributed by atoms with Gasteiger partial charge in [0.15, 0.2) is 0 Å². The van der Waals surface area contributed by atoms with Gasteiger partial charge in [0.25, 0.3) is 0 Å². The van der Waals surface area contributed by atoms with Crippen LogP contribution >= 0.6 is 15.9 Å². The lowest BCUT2D eigenvalue weighted by molar-refractivity contribution is 0.0697. The van der Waals surface area contributed by atoms with Crippen molar-refractivity contribution in [1.29, 1.82) is 0 Å². The van der Waals surface area contributed by atoms with Crippen LogP contribution in [0.3, 0.4) is 0 Å². The van der Waals surface area contributed by atoms with E-state index in [0.29, 0.717) is 17.5 Å². The van der Waals surface area contributed by atoms with Gasteiger partial charge in [0.2, 0.25) is 0 Å². The molecule has 2 atom stereocenters. The van der Waals surface area contributed by atoms with E-state index in [1.807, 2.05) is 6.07 Å². The minimum atomic E-state index is -0.893. The molecule has 0 heterocycles. The minimum absolute atomic E-state index is 0.311. The van der Waals surface area contributed by atoms with Crippen molar-refractivity contribution in [3.8, 4) is 0 Å². The van der Waals surface area contributed by atoms with Crippen molar-refractivity contribution in [2.75, 3.05) is 5.32 Å². The van der Waals surface area contributed by atoms with E-state index in [1.54, 1.807) is 12.1 Å². The summed E-state index contributed by atoms with van der Waals surface area (Å²) in [7, 11) is 0. The summed E-state index contributed by atoms with van der Waals surface area (Å²) in [5, 5.41) is 12.5. The predicted octanol–water partition coefficient (Wildman–Crippen LogP) is 4.53. The summed E-state index contributed by atoms with van der Waals surface area (Å²) in [5.74, 6) is -0.233. The maximum absolute atomic E-state index is 10.9. The summed E-state index contributed by atoms with van der Waals surface area (Å²) < 4.78 is 0.823. The van der Waals surface area contributed by atoms with Crippen LogP contribution in [-0.4, -0.2) is 17.1 Å². The first-order valence-corrected chi connectivity index (χ1v) is 7.66. The Hall–Kier alpha value is -1.03. The standard InChI is InChI=1S/C15H20BrNO2/c1-10-5-3-2-4-6-13(10)17-14-8-7-11(15(18)19)9-12(14)16/h7-10,13,17H,2-6H2,1H3,(H,18,19). The molecular formula is C15H20BrNO2. The van der Waals surface area contributed by atoms with Crippen LogP contribution in [0.25, 0.3) is 0 Å². The zero-order chi connectivity index (χ0) is 13.8. The van der Waals surface area contributed by atoms with Crippen molar-refractivity contribution >= 4 is 27.6 Å². The highest BCUT2D eigenvalue weighted by Crippen LogP contribution is 2.30. The second kappa shape index (κ2) is 6.42. The first-order valence-electron chi connectivity index (χ1n) is 6.87. The number of hydrogen-bond donors (Lipinski definition) is 2. The molecule has 0 amide bonds. The maximum atomic E-state index is 10.9. The van der Waals surface area contributed by atoms with Gasteiger partial charge < -0.3 is 10.4 Å². The van der Waals surface area contributed by atoms with Crippen LogP contribution in [-0.2, 0) is 0 Å². The Kier molecular flexibility index (Phi) is 4.86. The lowest BCUT2D eigenvalue weighted by atomic mass is 9.96. The number of aromatic carboxylic acids is 1. The molecule has 2 rings (SSSR count). The first-order chi connectivity index (χ1) is 9.08. The molecule has 0 radical (unpaired) electrons. The molecule has 4 heteroatoms. The van der Waals surface area contributed by atoms with E-state index in [0.717, 1.165) is 10.2 Å². The number of hydrogen-bond acceptors (Lipinski definition) is 2. The molecule has 3 nitrogen and oxygen atoms in total. The number of anilines is 1. The predicted molar refractivity (Wildman–Crippen MR) is 80.8 cm³/mol. The van der Waals surface area contributed by atoms with E-state index < -0.39 is 5.97 Å². The van der Waals surface area contributed by atoms with E-state index >= 15 is 0 Å². The summed E-state index contributed by atoms with van der Waals surface area (Å²) in [6.45, 7) is 2.29. The van der Waals surface area contributed by atoms with Crippen LogP contribution in [0.2, 0.25) is 0 Å². The normalized spacial score (nSPS) is 23.7. The zero-order valence-corrected chi connectivity index (χ0v) is 12.7. The highest BCUT2D eigenvalue weighted by atomic mass is 79.9. The molecular weight excluding hydrogens is 306 g/mol. The highest BCUT2D eigenvalue weighted by molar-refractivity contribution is 9.10. The van der Waals surface area contributed by atoms with Gasteiger partial charge in [-0.1, -0.05) is 26.2 Å². The van der Waals surface area contributed by atoms with Gasteiger partial charge in [-0.2, -0.15) is 0 Å². The quantitative estimate of drug-likeness (QED) is 0.803. The molecule has 1 aliphatic carbocycles. The van der Waals surface area contributed by atoms with Crippen LogP contribution in [0.15, 0.2) is 22.7 Å². The molecule has 1 aliphatic rings. The third-order valence-electron chi connectivity index (χ3n) is 3.92. The number of carboxylic acids is 1. The van der Waals surface area contributed by atoms with Crippen molar-refractivity contribution < 1.29 is 9.90 Å². The van der Waals surface area contributed by atoms with Gasteiger partial charge in [0.1, 0.15) is 0 Å². The number of carbonyl (C=O) groups is 1. The zero-order valence-electron chi connectivity index (χ0n) is 11.2. The number of carboxylic acid groups (broad SMARTS) is 1. The molecule has 0 aromatic heterocycles. The van der Waals surface area contributed by atoms with Gasteiger partial charge in [-0.05, 0) is 52.9 Å². The third kappa shape index (κ3) is 3.72. The van der Waals surface area contributed by atoms with E-state index in [4.69, 9.17) is 5.11 Å². The van der Waals surface area contributed by atoms with Gasteiger partial charge >= 0.3 is 5.97 Å². The van der Waals surface area contributed by atoms with E-state index in [2.05, 4.69) is 28.2 Å². The summed E-state index contributed by atoms with van der Waals surface area (Å²) in [6.07, 6.45) is 6.36. The van der Waals surface area contributed by atoms with E-state index in [-0.39, 0.29) is 0 Å². The molecule has 0 bridgehead atoms. The summed E-state index contributed by atoms with van der Waals surface area (Å²) in [5.41, 5.74) is 1.30. The molecule has 104 valence electrons. The van der Waals surface area contributed by atoms with Crippen LogP contribution in [0.4, 0.5) is 5.69 Å². The van der Waals surface area contributed by atoms with Crippen molar-refractivity contribution in [3.05, 3.63) is 28.2 Å². The second-order valence-corrected chi connectivity index (χ2v) is 6.22. The molecule has 19 heavy (non-hydrogen) atoms. The average molecular weight is 326 g/mol. The molecule has 0 spiro atoms. The number of nitrogens with one attached hydrogen (secondary N) is 1. The lowest BCUT2D eigenvalue weighted by Crippen LogP contribution is -2.26. The summed E-state index contributed by atoms with van der Waals surface area (Å²) in [4.78, 5) is 10.9. The molecule has 2 N–H and O–H groups in total. The fourth-order valence-electron chi connectivity index (χ4n) is 2.67. The van der Waals surface area contributed by atoms with Gasteiger partial charge in [-0.15, -0.1) is 0 Å². The van der Waals surface area contributed by atoms with Crippen LogP contribution in [0.5, 0.6) is 0 Å². The topological polar surface area (TPSA) is 49.3 Å². The average Bonchev–Trinajstić information content (AvgIpc) is 2.57. The number of rotatable bonds is 3. The smallest absolute Gasteiger partial charge is 0.335 e. The summed E-state index contributed by atoms with van der Waals surface area (Å²) in [6, 6.07) is 5.64. The van der Waals surface area contributed by atoms with Crippen molar-refractivity contribution in [3.63, 3.8) is 0 Å². The number of halogens is 1. The van der Waals surface area contributed by atoms with Gasteiger partial charge in [0, 0.05) is 16.2 Å². The molecule has 1 aromatic carbocycles. The Balaban J connectivity index is 2.11. The largest absolute Gasteiger partial charge is 0.478 e. The Morgan fingerprint density at radius 3 is 2.74 bits per heavy atom. The molecule has 2 unspecified atom stereocenters. The van der Waals surface area contributed by atoms with Crippen molar-refractivity contribution in [2.45, 2.75) is 45.1 Å². The fraction of sp³-hybridized carbons (Fsp3) is 0.533. The third-order valence-corrected chi connectivity index (χ3v) is 4.57. The van der Waals surface area contributed by atoms with Crippen molar-refractivity contribution in [1.82, 2.24) is 0 Å². The Bertz CT molecular complexity index is 461. The Labute approximate surface area is 122 Å². The van der Waals surface area contributed by atoms with Gasteiger partial charge in [0.05, 0.1) is 5.56 Å². The fourth-order valence-corrected chi connectivity index (χ4v) is 3.17. The van der Waals surface area contributed by atoms with Gasteiger partial charge in [-0.25, -0.2) is 4.79 Å². The van der Waals surface area contributed by atoms with Crippen LogP contribution in [0, 0.1) is 5.92 Å².